The van der Waals surface area contributed by atoms with Crippen LogP contribution < -0.4 is 14.8 Å². The van der Waals surface area contributed by atoms with Gasteiger partial charge in [-0.3, -0.25) is 0 Å². The van der Waals surface area contributed by atoms with E-state index in [1.54, 1.807) is 0 Å². The van der Waals surface area contributed by atoms with Crippen LogP contribution in [0.4, 0.5) is 5.69 Å². The van der Waals surface area contributed by atoms with E-state index in [4.69, 9.17) is 9.47 Å². The topological polar surface area (TPSA) is 56.3 Å². The summed E-state index contributed by atoms with van der Waals surface area (Å²) in [7, 11) is 0. The molecular weight excluding hydrogens is 206 g/mol. The fraction of sp³-hybridized carbons (Fsp3) is 0.636. The van der Waals surface area contributed by atoms with Gasteiger partial charge in [0.05, 0.1) is 13.2 Å². The quantitative estimate of drug-likeness (QED) is 0.803. The van der Waals surface area contributed by atoms with Gasteiger partial charge < -0.3 is 14.8 Å². The zero-order valence-electron chi connectivity index (χ0n) is 10.3. The van der Waals surface area contributed by atoms with Gasteiger partial charge in [-0.25, -0.2) is 0 Å². The number of hydrogen-bond donors (Lipinski definition) is 1. The fourth-order valence-electron chi connectivity index (χ4n) is 1.26. The molecule has 0 amide bonds. The smallest absolute Gasteiger partial charge is 0.244 e. The average molecular weight is 225 g/mol. The minimum atomic E-state index is 0.268. The van der Waals surface area contributed by atoms with Gasteiger partial charge in [-0.1, -0.05) is 0 Å². The number of rotatable bonds is 6. The lowest BCUT2D eigenvalue weighted by Gasteiger charge is -2.16. The summed E-state index contributed by atoms with van der Waals surface area (Å²) in [4.78, 5) is 8.18. The summed E-state index contributed by atoms with van der Waals surface area (Å²) in [5, 5.41) is 3.24. The minimum absolute atomic E-state index is 0.268. The molecule has 0 saturated heterocycles. The molecule has 1 heterocycles. The Morgan fingerprint density at radius 1 is 1.12 bits per heavy atom. The first kappa shape index (κ1) is 12.5. The molecule has 0 aromatic carbocycles. The molecule has 1 N–H and O–H groups in total. The average Bonchev–Trinajstić information content (AvgIpc) is 2.23. The summed E-state index contributed by atoms with van der Waals surface area (Å²) in [6.45, 7) is 9.05. The van der Waals surface area contributed by atoms with Gasteiger partial charge in [0.2, 0.25) is 11.8 Å². The van der Waals surface area contributed by atoms with Crippen LogP contribution in [-0.4, -0.2) is 29.2 Å². The highest BCUT2D eigenvalue weighted by molar-refractivity contribution is 5.60. The molecule has 0 radical (unpaired) electrons. The van der Waals surface area contributed by atoms with Crippen LogP contribution in [0.5, 0.6) is 11.8 Å². The maximum absolute atomic E-state index is 5.43. The number of hydrogen-bond acceptors (Lipinski definition) is 5. The van der Waals surface area contributed by atoms with Crippen molar-refractivity contribution in [2.75, 3.05) is 18.5 Å². The number of ether oxygens (including phenoxy) is 2. The normalized spacial score (nSPS) is 10.3. The van der Waals surface area contributed by atoms with E-state index in [9.17, 15) is 0 Å². The predicted octanol–water partition coefficient (Wildman–Crippen LogP) is 2.09. The Labute approximate surface area is 96.2 Å². The van der Waals surface area contributed by atoms with Gasteiger partial charge >= 0.3 is 0 Å². The van der Waals surface area contributed by atoms with Gasteiger partial charge in [0.1, 0.15) is 6.33 Å². The van der Waals surface area contributed by atoms with Crippen molar-refractivity contribution < 1.29 is 9.47 Å². The molecule has 90 valence electrons. The molecule has 0 aliphatic heterocycles. The van der Waals surface area contributed by atoms with Crippen molar-refractivity contribution in [3.63, 3.8) is 0 Å². The Bertz CT molecular complexity index is 305. The Hall–Kier alpha value is -1.52. The molecule has 1 rings (SSSR count). The lowest BCUT2D eigenvalue weighted by Crippen LogP contribution is -2.14. The van der Waals surface area contributed by atoms with Crippen LogP contribution in [-0.2, 0) is 0 Å². The summed E-state index contributed by atoms with van der Waals surface area (Å²) in [6.07, 6.45) is 1.45. The van der Waals surface area contributed by atoms with Gasteiger partial charge in [0, 0.05) is 6.04 Å². The van der Waals surface area contributed by atoms with Crippen LogP contribution in [0, 0.1) is 0 Å². The zero-order valence-corrected chi connectivity index (χ0v) is 10.3. The zero-order chi connectivity index (χ0) is 12.0. The van der Waals surface area contributed by atoms with Gasteiger partial charge in [-0.2, -0.15) is 9.97 Å². The summed E-state index contributed by atoms with van der Waals surface area (Å²) in [5.41, 5.74) is 0.723. The van der Waals surface area contributed by atoms with Crippen LogP contribution in [0.2, 0.25) is 0 Å². The Morgan fingerprint density at radius 2 is 1.62 bits per heavy atom. The molecule has 0 aliphatic carbocycles. The van der Waals surface area contributed by atoms with Crippen LogP contribution >= 0.6 is 0 Å². The van der Waals surface area contributed by atoms with Crippen molar-refractivity contribution in [3.8, 4) is 11.8 Å². The SMILES string of the molecule is CCOc1ncnc(OCC)c1NC(C)C. The molecular formula is C11H19N3O2. The first-order valence-corrected chi connectivity index (χ1v) is 5.56. The van der Waals surface area contributed by atoms with E-state index in [1.165, 1.54) is 6.33 Å². The first-order valence-electron chi connectivity index (χ1n) is 5.56. The van der Waals surface area contributed by atoms with Crippen molar-refractivity contribution in [3.05, 3.63) is 6.33 Å². The van der Waals surface area contributed by atoms with Gasteiger partial charge in [0.25, 0.3) is 0 Å². The van der Waals surface area contributed by atoms with Crippen LogP contribution in [0.1, 0.15) is 27.7 Å². The lowest BCUT2D eigenvalue weighted by atomic mass is 10.3. The lowest BCUT2D eigenvalue weighted by molar-refractivity contribution is 0.308. The molecule has 0 spiro atoms. The second kappa shape index (κ2) is 6.15. The highest BCUT2D eigenvalue weighted by Gasteiger charge is 2.14. The molecule has 0 saturated carbocycles. The van der Waals surface area contributed by atoms with Crippen molar-refractivity contribution in [1.29, 1.82) is 0 Å². The predicted molar refractivity (Wildman–Crippen MR) is 63.1 cm³/mol. The molecule has 1 aromatic rings. The third kappa shape index (κ3) is 3.25. The minimum Gasteiger partial charge on any atom is -0.476 e. The summed E-state index contributed by atoms with van der Waals surface area (Å²) >= 11 is 0. The number of nitrogens with one attached hydrogen (secondary N) is 1. The second-order valence-corrected chi connectivity index (χ2v) is 3.52. The van der Waals surface area contributed by atoms with Crippen molar-refractivity contribution in [1.82, 2.24) is 9.97 Å². The van der Waals surface area contributed by atoms with E-state index < -0.39 is 0 Å². The first-order chi connectivity index (χ1) is 7.69. The Kier molecular flexibility index (Phi) is 4.82. The van der Waals surface area contributed by atoms with E-state index in [2.05, 4.69) is 15.3 Å². The molecule has 0 unspecified atom stereocenters. The standard InChI is InChI=1S/C11H19N3O2/c1-5-15-10-9(14-8(3)4)11(16-6-2)13-7-12-10/h7-8,14H,5-6H2,1-4H3. The molecule has 5 nitrogen and oxygen atoms in total. The number of aromatic nitrogens is 2. The largest absolute Gasteiger partial charge is 0.476 e. The monoisotopic (exact) mass is 225 g/mol. The maximum atomic E-state index is 5.43. The molecule has 0 fully saturated rings. The number of nitrogens with zero attached hydrogens (tertiary/aromatic N) is 2. The summed E-state index contributed by atoms with van der Waals surface area (Å²) in [5.74, 6) is 1.07. The van der Waals surface area contributed by atoms with Crippen LogP contribution in [0.15, 0.2) is 6.33 Å². The van der Waals surface area contributed by atoms with Crippen molar-refractivity contribution in [2.24, 2.45) is 0 Å². The molecule has 0 aliphatic rings. The third-order valence-corrected chi connectivity index (χ3v) is 1.77. The van der Waals surface area contributed by atoms with E-state index in [0.717, 1.165) is 5.69 Å². The van der Waals surface area contributed by atoms with E-state index in [1.807, 2.05) is 27.7 Å². The fourth-order valence-corrected chi connectivity index (χ4v) is 1.26. The van der Waals surface area contributed by atoms with E-state index >= 15 is 0 Å². The number of anilines is 1. The van der Waals surface area contributed by atoms with E-state index in [-0.39, 0.29) is 6.04 Å². The summed E-state index contributed by atoms with van der Waals surface area (Å²) in [6, 6.07) is 0.268. The molecule has 0 bridgehead atoms. The molecule has 16 heavy (non-hydrogen) atoms. The second-order valence-electron chi connectivity index (χ2n) is 3.52. The van der Waals surface area contributed by atoms with Crippen molar-refractivity contribution >= 4 is 5.69 Å². The maximum Gasteiger partial charge on any atom is 0.244 e. The van der Waals surface area contributed by atoms with Gasteiger partial charge in [-0.15, -0.1) is 0 Å². The molecule has 1 aromatic heterocycles. The Balaban J connectivity index is 3.01. The summed E-state index contributed by atoms with van der Waals surface area (Å²) < 4.78 is 10.9. The van der Waals surface area contributed by atoms with Crippen LogP contribution in [0.3, 0.4) is 0 Å². The molecule has 0 atom stereocenters. The van der Waals surface area contributed by atoms with Gasteiger partial charge in [0.15, 0.2) is 5.69 Å². The van der Waals surface area contributed by atoms with Gasteiger partial charge in [-0.05, 0) is 27.7 Å². The van der Waals surface area contributed by atoms with E-state index in [0.29, 0.717) is 25.0 Å². The third-order valence-electron chi connectivity index (χ3n) is 1.77. The Morgan fingerprint density at radius 3 is 2.00 bits per heavy atom. The van der Waals surface area contributed by atoms with Crippen molar-refractivity contribution in [2.45, 2.75) is 33.7 Å². The highest BCUT2D eigenvalue weighted by atomic mass is 16.5. The van der Waals surface area contributed by atoms with Crippen LogP contribution in [0.25, 0.3) is 0 Å². The highest BCUT2D eigenvalue weighted by Crippen LogP contribution is 2.30. The molecule has 5 heteroatoms.